The van der Waals surface area contributed by atoms with Gasteiger partial charge in [-0.25, -0.2) is 9.97 Å². The largest absolute Gasteiger partial charge is 0.319 e. The fraction of sp³-hybridized carbons (Fsp3) is 0.0833. The molecule has 0 unspecified atom stereocenters. The van der Waals surface area contributed by atoms with Crippen molar-refractivity contribution >= 4 is 44.8 Å². The lowest BCUT2D eigenvalue weighted by Gasteiger charge is -2.08. The predicted octanol–water partition coefficient (Wildman–Crippen LogP) is 3.36. The molecule has 0 aliphatic heterocycles. The van der Waals surface area contributed by atoms with Crippen LogP contribution in [0.25, 0.3) is 0 Å². The van der Waals surface area contributed by atoms with Gasteiger partial charge in [-0.3, -0.25) is 14.9 Å². The SMILES string of the molecule is Cc1cc(Br)c(NC(=O)c2cnc(Cl)cn2)cc1[N+](=O)[O-]. The first-order chi connectivity index (χ1) is 9.88. The van der Waals surface area contributed by atoms with Crippen molar-refractivity contribution in [3.05, 3.63) is 55.5 Å². The Morgan fingerprint density at radius 3 is 2.67 bits per heavy atom. The van der Waals surface area contributed by atoms with Gasteiger partial charge in [-0.15, -0.1) is 0 Å². The summed E-state index contributed by atoms with van der Waals surface area (Å²) in [6.45, 7) is 1.61. The van der Waals surface area contributed by atoms with Crippen molar-refractivity contribution < 1.29 is 9.72 Å². The first-order valence-corrected chi connectivity index (χ1v) is 6.79. The molecule has 1 aromatic carbocycles. The van der Waals surface area contributed by atoms with E-state index >= 15 is 0 Å². The van der Waals surface area contributed by atoms with Crippen LogP contribution in [0.3, 0.4) is 0 Å². The number of nitro groups is 1. The third kappa shape index (κ3) is 3.53. The molecule has 21 heavy (non-hydrogen) atoms. The summed E-state index contributed by atoms with van der Waals surface area (Å²) in [6, 6.07) is 2.84. The van der Waals surface area contributed by atoms with E-state index in [9.17, 15) is 14.9 Å². The topological polar surface area (TPSA) is 98.0 Å². The Hall–Kier alpha value is -2.06. The number of hydrogen-bond donors (Lipinski definition) is 1. The van der Waals surface area contributed by atoms with Gasteiger partial charge >= 0.3 is 0 Å². The Morgan fingerprint density at radius 1 is 1.38 bits per heavy atom. The maximum absolute atomic E-state index is 12.0. The monoisotopic (exact) mass is 370 g/mol. The van der Waals surface area contributed by atoms with Gasteiger partial charge in [-0.1, -0.05) is 11.6 Å². The molecule has 2 rings (SSSR count). The van der Waals surface area contributed by atoms with Crippen molar-refractivity contribution in [2.24, 2.45) is 0 Å². The summed E-state index contributed by atoms with van der Waals surface area (Å²) in [5.41, 5.74) is 0.718. The molecule has 1 aromatic heterocycles. The van der Waals surface area contributed by atoms with Gasteiger partial charge in [0, 0.05) is 16.1 Å². The molecule has 7 nitrogen and oxygen atoms in total. The number of rotatable bonds is 3. The van der Waals surface area contributed by atoms with Gasteiger partial charge in [0.05, 0.1) is 23.0 Å². The van der Waals surface area contributed by atoms with Gasteiger partial charge in [-0.2, -0.15) is 0 Å². The zero-order chi connectivity index (χ0) is 15.6. The van der Waals surface area contributed by atoms with Gasteiger partial charge in [0.2, 0.25) is 0 Å². The van der Waals surface area contributed by atoms with E-state index in [0.29, 0.717) is 10.0 Å². The normalized spacial score (nSPS) is 10.2. The predicted molar refractivity (Wildman–Crippen MR) is 80.5 cm³/mol. The highest BCUT2D eigenvalue weighted by Crippen LogP contribution is 2.30. The molecule has 1 heterocycles. The van der Waals surface area contributed by atoms with Crippen molar-refractivity contribution in [1.29, 1.82) is 0 Å². The number of anilines is 1. The summed E-state index contributed by atoms with van der Waals surface area (Å²) in [5.74, 6) is -0.544. The van der Waals surface area contributed by atoms with Crippen LogP contribution in [-0.4, -0.2) is 20.8 Å². The molecule has 2 aromatic rings. The summed E-state index contributed by atoms with van der Waals surface area (Å²) in [7, 11) is 0. The number of nitrogens with one attached hydrogen (secondary N) is 1. The van der Waals surface area contributed by atoms with Crippen molar-refractivity contribution in [3.8, 4) is 0 Å². The second-order valence-corrected chi connectivity index (χ2v) is 5.30. The molecule has 0 saturated heterocycles. The van der Waals surface area contributed by atoms with E-state index in [4.69, 9.17) is 11.6 Å². The Kier molecular flexibility index (Phi) is 4.49. The number of halogens is 2. The van der Waals surface area contributed by atoms with Crippen molar-refractivity contribution in [2.45, 2.75) is 6.92 Å². The van der Waals surface area contributed by atoms with Gasteiger partial charge in [0.1, 0.15) is 10.8 Å². The van der Waals surface area contributed by atoms with Gasteiger partial charge < -0.3 is 5.32 Å². The summed E-state index contributed by atoms with van der Waals surface area (Å²) in [6.07, 6.45) is 2.46. The lowest BCUT2D eigenvalue weighted by Crippen LogP contribution is -2.14. The number of nitro benzene ring substituents is 1. The molecule has 1 N–H and O–H groups in total. The van der Waals surface area contributed by atoms with Crippen LogP contribution in [0.4, 0.5) is 11.4 Å². The average Bonchev–Trinajstić information content (AvgIpc) is 2.42. The summed E-state index contributed by atoms with van der Waals surface area (Å²) in [5, 5.41) is 13.6. The molecule has 108 valence electrons. The minimum atomic E-state index is -0.544. The van der Waals surface area contributed by atoms with E-state index in [-0.39, 0.29) is 22.2 Å². The Balaban J connectivity index is 2.30. The molecule has 0 fully saturated rings. The fourth-order valence-electron chi connectivity index (χ4n) is 1.57. The zero-order valence-electron chi connectivity index (χ0n) is 10.6. The lowest BCUT2D eigenvalue weighted by atomic mass is 10.2. The number of aromatic nitrogens is 2. The number of amides is 1. The fourth-order valence-corrected chi connectivity index (χ4v) is 2.22. The zero-order valence-corrected chi connectivity index (χ0v) is 13.0. The summed E-state index contributed by atoms with van der Waals surface area (Å²) < 4.78 is 0.529. The molecule has 0 atom stereocenters. The van der Waals surface area contributed by atoms with E-state index in [2.05, 4.69) is 31.2 Å². The Morgan fingerprint density at radius 2 is 2.10 bits per heavy atom. The maximum atomic E-state index is 12.0. The van der Waals surface area contributed by atoms with Crippen LogP contribution in [-0.2, 0) is 0 Å². The van der Waals surface area contributed by atoms with Crippen LogP contribution in [0.5, 0.6) is 0 Å². The molecule has 0 aliphatic rings. The third-order valence-corrected chi connectivity index (χ3v) is 3.43. The number of aryl methyl sites for hydroxylation is 1. The molecule has 0 bridgehead atoms. The van der Waals surface area contributed by atoms with Gasteiger partial charge in [0.25, 0.3) is 11.6 Å². The Bertz CT molecular complexity index is 721. The number of hydrogen-bond acceptors (Lipinski definition) is 5. The van der Waals surface area contributed by atoms with E-state index < -0.39 is 10.8 Å². The summed E-state index contributed by atoms with van der Waals surface area (Å²) >= 11 is 8.84. The minimum absolute atomic E-state index is 0.0505. The van der Waals surface area contributed by atoms with Crippen molar-refractivity contribution in [1.82, 2.24) is 9.97 Å². The van der Waals surface area contributed by atoms with Crippen LogP contribution in [0.15, 0.2) is 29.0 Å². The first-order valence-electron chi connectivity index (χ1n) is 5.62. The number of carbonyl (C=O) groups excluding carboxylic acids is 1. The van der Waals surface area contributed by atoms with Crippen LogP contribution in [0.1, 0.15) is 16.1 Å². The summed E-state index contributed by atoms with van der Waals surface area (Å²) in [4.78, 5) is 30.0. The maximum Gasteiger partial charge on any atom is 0.275 e. The molecule has 1 amide bonds. The molecular weight excluding hydrogens is 364 g/mol. The van der Waals surface area contributed by atoms with Crippen molar-refractivity contribution in [3.63, 3.8) is 0 Å². The quantitative estimate of drug-likeness (QED) is 0.659. The molecule has 0 aliphatic carbocycles. The molecule has 0 radical (unpaired) electrons. The van der Waals surface area contributed by atoms with Crippen LogP contribution in [0, 0.1) is 17.0 Å². The first kappa shape index (κ1) is 15.3. The smallest absolute Gasteiger partial charge is 0.275 e. The highest BCUT2D eigenvalue weighted by Gasteiger charge is 2.17. The minimum Gasteiger partial charge on any atom is -0.319 e. The molecule has 9 heteroatoms. The lowest BCUT2D eigenvalue weighted by molar-refractivity contribution is -0.385. The van der Waals surface area contributed by atoms with Gasteiger partial charge in [-0.05, 0) is 28.9 Å². The van der Waals surface area contributed by atoms with Gasteiger partial charge in [0.15, 0.2) is 0 Å². The van der Waals surface area contributed by atoms with E-state index in [1.54, 1.807) is 13.0 Å². The van der Waals surface area contributed by atoms with E-state index in [0.717, 1.165) is 0 Å². The highest BCUT2D eigenvalue weighted by molar-refractivity contribution is 9.10. The Labute approximate surface area is 132 Å². The van der Waals surface area contributed by atoms with Crippen LogP contribution < -0.4 is 5.32 Å². The van der Waals surface area contributed by atoms with E-state index in [1.807, 2.05) is 0 Å². The number of benzene rings is 1. The second kappa shape index (κ2) is 6.15. The third-order valence-electron chi connectivity index (χ3n) is 2.58. The number of nitrogens with zero attached hydrogens (tertiary/aromatic N) is 3. The van der Waals surface area contributed by atoms with Crippen LogP contribution >= 0.6 is 27.5 Å². The van der Waals surface area contributed by atoms with Crippen molar-refractivity contribution in [2.75, 3.05) is 5.32 Å². The average molecular weight is 372 g/mol. The van der Waals surface area contributed by atoms with Crippen LogP contribution in [0.2, 0.25) is 5.15 Å². The number of carbonyl (C=O) groups is 1. The second-order valence-electron chi connectivity index (χ2n) is 4.05. The molecule has 0 spiro atoms. The van der Waals surface area contributed by atoms with E-state index in [1.165, 1.54) is 18.5 Å². The molecule has 0 saturated carbocycles. The molecular formula is C12H8BrClN4O3. The standard InChI is InChI=1S/C12H8BrClN4O3/c1-6-2-7(13)8(3-10(6)18(20)21)17-12(19)9-4-16-11(14)5-15-9/h2-5H,1H3,(H,17,19). The highest BCUT2D eigenvalue weighted by atomic mass is 79.9.